The van der Waals surface area contributed by atoms with Gasteiger partial charge < -0.3 is 4.79 Å². The van der Waals surface area contributed by atoms with Crippen LogP contribution >= 0.6 is 0 Å². The van der Waals surface area contributed by atoms with Gasteiger partial charge in [-0.2, -0.15) is 0 Å². The summed E-state index contributed by atoms with van der Waals surface area (Å²) in [5, 5.41) is 33.2. The molecule has 0 spiro atoms. The minimum atomic E-state index is -2.78. The van der Waals surface area contributed by atoms with E-state index in [1.165, 1.54) is 0 Å². The number of carbonyl (C=O) groups excluding carboxylic acids is 1. The zero-order valence-corrected chi connectivity index (χ0v) is 10.9. The minimum Gasteiger partial charge on any atom is -0.300 e. The number of ketones is 1. The zero-order chi connectivity index (χ0) is 16.2. The molecule has 0 aliphatic carbocycles. The molecule has 0 amide bonds. The van der Waals surface area contributed by atoms with Crippen molar-refractivity contribution in [2.75, 3.05) is 0 Å². The summed E-state index contributed by atoms with van der Waals surface area (Å²) in [4.78, 5) is 41.1. The molecule has 10 heteroatoms. The standard InChI is InChI=1S/C11H11N3O7/c1-8(15)5-6-11(13(18)19,14(20)21)9-3-2-4-10(7-9)12(16)17/h2-4,7H,5-6H2,1H3. The van der Waals surface area contributed by atoms with Gasteiger partial charge in [0.1, 0.15) is 27.6 Å². The van der Waals surface area contributed by atoms with Gasteiger partial charge in [0.2, 0.25) is 0 Å². The Bertz CT molecular complexity index is 600. The van der Waals surface area contributed by atoms with Crippen LogP contribution in [-0.2, 0) is 10.5 Å². The number of nitrogens with zero attached hydrogens (tertiary/aromatic N) is 3. The Balaban J connectivity index is 3.45. The highest BCUT2D eigenvalue weighted by Gasteiger charge is 2.58. The highest BCUT2D eigenvalue weighted by molar-refractivity contribution is 5.75. The fraction of sp³-hybridized carbons (Fsp3) is 0.364. The Morgan fingerprint density at radius 1 is 1.14 bits per heavy atom. The van der Waals surface area contributed by atoms with Crippen LogP contribution in [0.2, 0.25) is 0 Å². The average Bonchev–Trinajstić information content (AvgIpc) is 2.38. The molecular formula is C11H11N3O7. The topological polar surface area (TPSA) is 146 Å². The van der Waals surface area contributed by atoms with Crippen LogP contribution in [0.1, 0.15) is 25.3 Å². The predicted molar refractivity (Wildman–Crippen MR) is 68.7 cm³/mol. The summed E-state index contributed by atoms with van der Waals surface area (Å²) in [5.74, 6) is -0.450. The number of carbonyl (C=O) groups is 1. The second kappa shape index (κ2) is 6.03. The molecule has 0 bridgehead atoms. The molecular weight excluding hydrogens is 286 g/mol. The van der Waals surface area contributed by atoms with Crippen molar-refractivity contribution in [1.29, 1.82) is 0 Å². The Labute approximate surface area is 117 Å². The Morgan fingerprint density at radius 3 is 2.14 bits per heavy atom. The molecule has 0 heterocycles. The lowest BCUT2D eigenvalue weighted by atomic mass is 9.94. The summed E-state index contributed by atoms with van der Waals surface area (Å²) in [7, 11) is 0. The van der Waals surface area contributed by atoms with Crippen LogP contribution < -0.4 is 0 Å². The molecule has 21 heavy (non-hydrogen) atoms. The zero-order valence-electron chi connectivity index (χ0n) is 10.9. The number of benzene rings is 1. The average molecular weight is 297 g/mol. The van der Waals surface area contributed by atoms with Crippen molar-refractivity contribution in [2.24, 2.45) is 0 Å². The third-order valence-electron chi connectivity index (χ3n) is 2.95. The summed E-state index contributed by atoms with van der Waals surface area (Å²) < 4.78 is 0. The molecule has 0 fully saturated rings. The van der Waals surface area contributed by atoms with Gasteiger partial charge in [0, 0.05) is 18.6 Å². The van der Waals surface area contributed by atoms with Crippen molar-refractivity contribution < 1.29 is 19.6 Å². The van der Waals surface area contributed by atoms with E-state index >= 15 is 0 Å². The monoisotopic (exact) mass is 297 g/mol. The highest BCUT2D eigenvalue weighted by atomic mass is 16.7. The highest BCUT2D eigenvalue weighted by Crippen LogP contribution is 2.33. The van der Waals surface area contributed by atoms with Gasteiger partial charge in [-0.3, -0.25) is 30.3 Å². The van der Waals surface area contributed by atoms with Gasteiger partial charge in [0.05, 0.1) is 4.92 Å². The maximum Gasteiger partial charge on any atom is 0.485 e. The number of rotatable bonds is 7. The van der Waals surface area contributed by atoms with E-state index in [-0.39, 0.29) is 6.42 Å². The lowest BCUT2D eigenvalue weighted by Gasteiger charge is -2.16. The van der Waals surface area contributed by atoms with Crippen molar-refractivity contribution in [3.63, 3.8) is 0 Å². The second-order valence-electron chi connectivity index (χ2n) is 4.34. The molecule has 1 aromatic rings. The van der Waals surface area contributed by atoms with Crippen molar-refractivity contribution >= 4 is 11.5 Å². The van der Waals surface area contributed by atoms with E-state index in [9.17, 15) is 35.1 Å². The molecule has 0 atom stereocenters. The van der Waals surface area contributed by atoms with Gasteiger partial charge in [-0.15, -0.1) is 0 Å². The molecule has 0 saturated heterocycles. The lowest BCUT2D eigenvalue weighted by Crippen LogP contribution is -2.43. The summed E-state index contributed by atoms with van der Waals surface area (Å²) >= 11 is 0. The van der Waals surface area contributed by atoms with Crippen LogP contribution in [0.3, 0.4) is 0 Å². The first-order valence-electron chi connectivity index (χ1n) is 5.75. The van der Waals surface area contributed by atoms with Crippen LogP contribution in [-0.4, -0.2) is 20.6 Å². The summed E-state index contributed by atoms with van der Waals surface area (Å²) in [5.41, 5.74) is -3.71. The third kappa shape index (κ3) is 3.16. The van der Waals surface area contributed by atoms with Crippen LogP contribution in [0.25, 0.3) is 0 Å². The molecule has 0 N–H and O–H groups in total. The van der Waals surface area contributed by atoms with Crippen LogP contribution in [0.4, 0.5) is 5.69 Å². The van der Waals surface area contributed by atoms with Crippen LogP contribution in [0, 0.1) is 30.3 Å². The van der Waals surface area contributed by atoms with Crippen LogP contribution in [0.15, 0.2) is 24.3 Å². The Morgan fingerprint density at radius 2 is 1.71 bits per heavy atom. The Kier molecular flexibility index (Phi) is 4.64. The second-order valence-corrected chi connectivity index (χ2v) is 4.34. The van der Waals surface area contributed by atoms with Crippen molar-refractivity contribution in [3.8, 4) is 0 Å². The third-order valence-corrected chi connectivity index (χ3v) is 2.95. The van der Waals surface area contributed by atoms with Crippen molar-refractivity contribution in [1.82, 2.24) is 0 Å². The number of hydrogen-bond acceptors (Lipinski definition) is 7. The number of hydrogen-bond donors (Lipinski definition) is 0. The van der Waals surface area contributed by atoms with Gasteiger partial charge in [0.15, 0.2) is 0 Å². The molecule has 112 valence electrons. The van der Waals surface area contributed by atoms with E-state index in [0.29, 0.717) is 0 Å². The summed E-state index contributed by atoms with van der Waals surface area (Å²) in [6.07, 6.45) is -1.06. The molecule has 1 aromatic carbocycles. The van der Waals surface area contributed by atoms with E-state index in [2.05, 4.69) is 0 Å². The molecule has 0 unspecified atom stereocenters. The van der Waals surface area contributed by atoms with Gasteiger partial charge in [-0.05, 0) is 13.0 Å². The molecule has 0 radical (unpaired) electrons. The first-order valence-corrected chi connectivity index (χ1v) is 5.75. The number of nitro groups is 3. The van der Waals surface area contributed by atoms with Gasteiger partial charge >= 0.3 is 5.66 Å². The SMILES string of the molecule is CC(=O)CCC(c1cccc([N+](=O)[O-])c1)([N+](=O)[O-])[N+](=O)[O-]. The van der Waals surface area contributed by atoms with Gasteiger partial charge in [0.25, 0.3) is 5.69 Å². The van der Waals surface area contributed by atoms with Crippen molar-refractivity contribution in [2.45, 2.75) is 25.4 Å². The fourth-order valence-corrected chi connectivity index (χ4v) is 1.82. The molecule has 10 nitrogen and oxygen atoms in total. The molecule has 1 rings (SSSR count). The molecule has 0 aromatic heterocycles. The maximum atomic E-state index is 11.2. The lowest BCUT2D eigenvalue weighted by molar-refractivity contribution is -0.811. The van der Waals surface area contributed by atoms with Gasteiger partial charge in [-0.25, -0.2) is 0 Å². The van der Waals surface area contributed by atoms with E-state index in [0.717, 1.165) is 31.2 Å². The van der Waals surface area contributed by atoms with Crippen molar-refractivity contribution in [3.05, 3.63) is 60.2 Å². The fourth-order valence-electron chi connectivity index (χ4n) is 1.82. The van der Waals surface area contributed by atoms with Crippen LogP contribution in [0.5, 0.6) is 0 Å². The van der Waals surface area contributed by atoms with Gasteiger partial charge in [-0.1, -0.05) is 6.07 Å². The minimum absolute atomic E-state index is 0.384. The van der Waals surface area contributed by atoms with E-state index in [1.807, 2.05) is 0 Å². The quantitative estimate of drug-likeness (QED) is 0.422. The maximum absolute atomic E-state index is 11.2. The molecule has 0 aliphatic heterocycles. The van der Waals surface area contributed by atoms with E-state index in [4.69, 9.17) is 0 Å². The first kappa shape index (κ1) is 16.1. The number of Topliss-reactive ketones (excluding diaryl/α,β-unsaturated/α-hetero) is 1. The number of nitro benzene ring substituents is 1. The van der Waals surface area contributed by atoms with E-state index in [1.54, 1.807) is 0 Å². The Hall–Kier alpha value is -2.91. The largest absolute Gasteiger partial charge is 0.485 e. The normalized spacial score (nSPS) is 10.9. The smallest absolute Gasteiger partial charge is 0.300 e. The summed E-state index contributed by atoms with van der Waals surface area (Å²) in [6.45, 7) is 1.15. The molecule has 0 saturated carbocycles. The number of non-ortho nitro benzene ring substituents is 1. The van der Waals surface area contributed by atoms with E-state index < -0.39 is 43.9 Å². The predicted octanol–water partition coefficient (Wildman–Crippen LogP) is 1.67. The molecule has 0 aliphatic rings. The first-order chi connectivity index (χ1) is 9.71. The summed E-state index contributed by atoms with van der Waals surface area (Å²) in [6, 6.07) is 4.05.